The molecule has 2 aliphatic heterocycles. The number of rotatable bonds is 0. The minimum absolute atomic E-state index is 0. The van der Waals surface area contributed by atoms with Gasteiger partial charge in [-0.25, -0.2) is 4.79 Å². The van der Waals surface area contributed by atoms with Gasteiger partial charge in [0, 0.05) is 5.41 Å². The summed E-state index contributed by atoms with van der Waals surface area (Å²) in [6.07, 6.45) is 0. The highest BCUT2D eigenvalue weighted by Crippen LogP contribution is 2.22. The van der Waals surface area contributed by atoms with Crippen LogP contribution in [0.25, 0.3) is 0 Å². The van der Waals surface area contributed by atoms with Crippen molar-refractivity contribution in [3.63, 3.8) is 0 Å². The second-order valence-corrected chi connectivity index (χ2v) is 2.67. The number of allylic oxidation sites excluding steroid dienone is 1. The first kappa shape index (κ1) is 5.67. The summed E-state index contributed by atoms with van der Waals surface area (Å²) in [7, 11) is 0. The van der Waals surface area contributed by atoms with Crippen molar-refractivity contribution in [1.29, 1.82) is 0 Å². The zero-order valence-electron chi connectivity index (χ0n) is 5.75. The number of nitrogens with one attached hydrogen (secondary N) is 1. The number of hydrogen-bond acceptors (Lipinski definition) is 3. The SMILES string of the molecule is O=C1N=C2C(=O)SC=C2N1.[H+]. The summed E-state index contributed by atoms with van der Waals surface area (Å²) in [6.45, 7) is 0. The third kappa shape index (κ3) is 0.607. The largest absolute Gasteiger partial charge is 1.00 e. The first-order valence-electron chi connectivity index (χ1n) is 2.58. The second kappa shape index (κ2) is 1.69. The van der Waals surface area contributed by atoms with Gasteiger partial charge in [-0.2, -0.15) is 4.99 Å². The Morgan fingerprint density at radius 1 is 1.60 bits per heavy atom. The highest BCUT2D eigenvalue weighted by Gasteiger charge is 2.30. The Bertz CT molecular complexity index is 297. The van der Waals surface area contributed by atoms with E-state index in [1.807, 2.05) is 0 Å². The van der Waals surface area contributed by atoms with E-state index in [-0.39, 0.29) is 12.3 Å². The molecule has 0 aromatic carbocycles. The van der Waals surface area contributed by atoms with E-state index in [0.717, 1.165) is 11.8 Å². The molecule has 10 heavy (non-hydrogen) atoms. The van der Waals surface area contributed by atoms with Crippen LogP contribution in [0.3, 0.4) is 0 Å². The van der Waals surface area contributed by atoms with Crippen LogP contribution in [0.15, 0.2) is 16.1 Å². The van der Waals surface area contributed by atoms with Crippen LogP contribution in [0.5, 0.6) is 0 Å². The van der Waals surface area contributed by atoms with Crippen LogP contribution in [-0.4, -0.2) is 16.9 Å². The van der Waals surface area contributed by atoms with Gasteiger partial charge in [-0.1, -0.05) is 11.8 Å². The highest BCUT2D eigenvalue weighted by atomic mass is 32.2. The molecule has 0 fully saturated rings. The molecule has 0 radical (unpaired) electrons. The molecule has 2 aliphatic rings. The van der Waals surface area contributed by atoms with Gasteiger partial charge in [-0.05, 0) is 0 Å². The van der Waals surface area contributed by atoms with Crippen molar-refractivity contribution in [1.82, 2.24) is 5.32 Å². The molecule has 0 saturated carbocycles. The normalized spacial score (nSPS) is 22.0. The van der Waals surface area contributed by atoms with Crippen LogP contribution in [0.4, 0.5) is 4.79 Å². The molecular weight excluding hydrogens is 152 g/mol. The van der Waals surface area contributed by atoms with E-state index in [1.54, 1.807) is 5.41 Å². The van der Waals surface area contributed by atoms with Gasteiger partial charge in [0.05, 0.1) is 5.70 Å². The lowest BCUT2D eigenvalue weighted by molar-refractivity contribution is -0.105. The number of carbonyl (C=O) groups is 2. The Balaban J connectivity index is 0.000000605. The third-order valence-electron chi connectivity index (χ3n) is 1.19. The van der Waals surface area contributed by atoms with E-state index in [2.05, 4.69) is 10.3 Å². The van der Waals surface area contributed by atoms with Crippen molar-refractivity contribution in [3.8, 4) is 0 Å². The first-order valence-corrected chi connectivity index (χ1v) is 3.46. The van der Waals surface area contributed by atoms with E-state index < -0.39 is 6.03 Å². The second-order valence-electron chi connectivity index (χ2n) is 1.83. The molecule has 0 saturated heterocycles. The Hall–Kier alpha value is -1.10. The number of fused-ring (bicyclic) bond motifs is 1. The molecule has 0 aliphatic carbocycles. The van der Waals surface area contributed by atoms with Crippen molar-refractivity contribution < 1.29 is 11.0 Å². The smallest absolute Gasteiger partial charge is 0.303 e. The maximum atomic E-state index is 10.8. The minimum Gasteiger partial charge on any atom is -0.303 e. The van der Waals surface area contributed by atoms with Gasteiger partial charge < -0.3 is 5.32 Å². The van der Waals surface area contributed by atoms with Crippen molar-refractivity contribution in [3.05, 3.63) is 11.1 Å². The molecule has 50 valence electrons. The van der Waals surface area contributed by atoms with Gasteiger partial charge in [0.1, 0.15) is 5.71 Å². The number of thioether (sulfide) groups is 1. The predicted molar refractivity (Wildman–Crippen MR) is 37.8 cm³/mol. The molecular formula is C5H3N2O2S+. The average molecular weight is 155 g/mol. The molecule has 2 rings (SSSR count). The molecule has 0 spiro atoms. The van der Waals surface area contributed by atoms with Crippen LogP contribution in [-0.2, 0) is 4.79 Å². The number of amides is 2. The fraction of sp³-hybridized carbons (Fsp3) is 0. The standard InChI is InChI=1S/C5H2N2O2S/c8-4-3-2(1-10-4)6-5(9)7-3/h1H,(H,6,9)/p+1. The lowest BCUT2D eigenvalue weighted by Crippen LogP contribution is -2.13. The van der Waals surface area contributed by atoms with E-state index in [0.29, 0.717) is 5.70 Å². The summed E-state index contributed by atoms with van der Waals surface area (Å²) in [5.74, 6) is 0. The number of nitrogens with zero attached hydrogens (tertiary/aromatic N) is 1. The third-order valence-corrected chi connectivity index (χ3v) is 1.95. The molecule has 0 atom stereocenters. The molecule has 2 amide bonds. The molecule has 0 aromatic heterocycles. The zero-order chi connectivity index (χ0) is 7.14. The van der Waals surface area contributed by atoms with Crippen LogP contribution in [0.2, 0.25) is 0 Å². The number of carbonyl (C=O) groups excluding carboxylic acids is 2. The van der Waals surface area contributed by atoms with Gasteiger partial charge in [-0.3, -0.25) is 4.79 Å². The van der Waals surface area contributed by atoms with E-state index in [1.165, 1.54) is 0 Å². The van der Waals surface area contributed by atoms with Crippen LogP contribution < -0.4 is 5.32 Å². The Labute approximate surface area is 61.9 Å². The minimum atomic E-state index is -0.449. The molecule has 4 nitrogen and oxygen atoms in total. The van der Waals surface area contributed by atoms with Gasteiger partial charge >= 0.3 is 7.46 Å². The quantitative estimate of drug-likeness (QED) is 0.550. The molecule has 1 N–H and O–H groups in total. The van der Waals surface area contributed by atoms with E-state index in [9.17, 15) is 9.59 Å². The average Bonchev–Trinajstić information content (AvgIpc) is 2.35. The number of urea groups is 1. The van der Waals surface area contributed by atoms with Gasteiger partial charge in [-0.15, -0.1) is 0 Å². The lowest BCUT2D eigenvalue weighted by Gasteiger charge is -1.86. The molecule has 0 bridgehead atoms. The number of aliphatic imine (C=N–C) groups is 1. The molecule has 0 aromatic rings. The summed E-state index contributed by atoms with van der Waals surface area (Å²) in [5, 5.41) is 3.85. The van der Waals surface area contributed by atoms with E-state index >= 15 is 0 Å². The van der Waals surface area contributed by atoms with Crippen LogP contribution in [0.1, 0.15) is 1.43 Å². The van der Waals surface area contributed by atoms with Gasteiger partial charge in [0.15, 0.2) is 0 Å². The summed E-state index contributed by atoms with van der Waals surface area (Å²) in [6, 6.07) is -0.449. The Morgan fingerprint density at radius 2 is 2.40 bits per heavy atom. The monoisotopic (exact) mass is 155 g/mol. The fourth-order valence-electron chi connectivity index (χ4n) is 0.773. The lowest BCUT2D eigenvalue weighted by atomic mass is 10.3. The summed E-state index contributed by atoms with van der Waals surface area (Å²) >= 11 is 1.04. The topological polar surface area (TPSA) is 58.5 Å². The highest BCUT2D eigenvalue weighted by molar-refractivity contribution is 8.18. The van der Waals surface area contributed by atoms with Crippen LogP contribution in [0, 0.1) is 0 Å². The summed E-state index contributed by atoms with van der Waals surface area (Å²) < 4.78 is 0. The maximum Gasteiger partial charge on any atom is 1.00 e. The van der Waals surface area contributed by atoms with Crippen LogP contribution >= 0.6 is 11.8 Å². The van der Waals surface area contributed by atoms with Gasteiger partial charge in [0.2, 0.25) is 5.12 Å². The molecule has 2 heterocycles. The summed E-state index contributed by atoms with van der Waals surface area (Å²) in [5.41, 5.74) is 0.801. The first-order chi connectivity index (χ1) is 4.77. The van der Waals surface area contributed by atoms with Crippen molar-refractivity contribution >= 4 is 28.6 Å². The summed E-state index contributed by atoms with van der Waals surface area (Å²) in [4.78, 5) is 24.7. The maximum absolute atomic E-state index is 10.8. The van der Waals surface area contributed by atoms with Crippen molar-refractivity contribution in [2.75, 3.05) is 0 Å². The zero-order valence-corrected chi connectivity index (χ0v) is 5.57. The van der Waals surface area contributed by atoms with E-state index in [4.69, 9.17) is 0 Å². The van der Waals surface area contributed by atoms with Crippen molar-refractivity contribution in [2.45, 2.75) is 0 Å². The van der Waals surface area contributed by atoms with Gasteiger partial charge in [0.25, 0.3) is 0 Å². The fourth-order valence-corrected chi connectivity index (χ4v) is 1.44. The Morgan fingerprint density at radius 3 is 3.10 bits per heavy atom. The van der Waals surface area contributed by atoms with Crippen molar-refractivity contribution in [2.24, 2.45) is 4.99 Å². The molecule has 0 unspecified atom stereocenters. The predicted octanol–water partition coefficient (Wildman–Crippen LogP) is 0.378. The number of hydrogen-bond donors (Lipinski definition) is 1. The molecule has 5 heteroatoms. The Kier molecular flexibility index (Phi) is 0.960.